The van der Waals surface area contributed by atoms with Crippen molar-refractivity contribution in [2.24, 2.45) is 0 Å². The summed E-state index contributed by atoms with van der Waals surface area (Å²) in [4.78, 5) is 4.67. The van der Waals surface area contributed by atoms with E-state index in [1.807, 2.05) is 91.0 Å². The van der Waals surface area contributed by atoms with E-state index in [2.05, 4.69) is 247 Å². The van der Waals surface area contributed by atoms with Gasteiger partial charge in [-0.05, 0) is 209 Å². The van der Waals surface area contributed by atoms with Gasteiger partial charge in [-0.15, -0.1) is 0 Å². The van der Waals surface area contributed by atoms with E-state index in [0.717, 1.165) is 122 Å². The first-order chi connectivity index (χ1) is 62.1. The summed E-state index contributed by atoms with van der Waals surface area (Å²) >= 11 is 0. The van der Waals surface area contributed by atoms with Crippen molar-refractivity contribution in [3.8, 4) is 72.7 Å². The summed E-state index contributed by atoms with van der Waals surface area (Å²) in [5, 5.41) is 1.62. The average molecular weight is 1480 g/mol. The van der Waals surface area contributed by atoms with Gasteiger partial charge in [0.1, 0.15) is 0 Å². The Morgan fingerprint density at radius 3 is 1.25 bits per heavy atom. The first kappa shape index (κ1) is 53.5. The molecule has 0 fully saturated rings. The number of anilines is 6. The molecule has 0 atom stereocenters. The van der Waals surface area contributed by atoms with Crippen LogP contribution in [-0.4, -0.2) is 20.4 Å². The van der Waals surface area contributed by atoms with Gasteiger partial charge in [0.05, 0.1) is 60.7 Å². The number of para-hydroxylation sites is 5. The lowest BCUT2D eigenvalue weighted by atomic mass is 9.33. The van der Waals surface area contributed by atoms with Gasteiger partial charge in [-0.1, -0.05) is 305 Å². The smallest absolute Gasteiger partial charge is 0.252 e. The minimum Gasteiger partial charge on any atom is -0.311 e. The molecule has 19 aromatic rings. The number of fused-ring (bicyclic) bond motifs is 13. The van der Waals surface area contributed by atoms with Crippen molar-refractivity contribution in [1.29, 1.82) is 0 Å². The zero-order chi connectivity index (χ0) is 91.0. The van der Waals surface area contributed by atoms with Gasteiger partial charge in [0.2, 0.25) is 0 Å². The molecule has 6 heteroatoms. The Labute approximate surface area is 690 Å². The van der Waals surface area contributed by atoms with Crippen molar-refractivity contribution in [3.05, 3.63) is 374 Å². The predicted molar refractivity (Wildman–Crippen MR) is 487 cm³/mol. The fourth-order valence-corrected chi connectivity index (χ4v) is 18.0. The molecule has 5 nitrogen and oxygen atoms in total. The van der Waals surface area contributed by atoms with Crippen molar-refractivity contribution in [2.45, 2.75) is 78.6 Å². The molecule has 546 valence electrons. The van der Waals surface area contributed by atoms with Crippen LogP contribution in [0, 0.1) is 0 Å². The Kier molecular flexibility index (Phi) is 12.2. The van der Waals surface area contributed by atoms with Crippen LogP contribution in [0.4, 0.5) is 34.1 Å². The number of hydrogen-bond acceptors (Lipinski definition) is 2. The van der Waals surface area contributed by atoms with Gasteiger partial charge in [-0.2, -0.15) is 0 Å². The minimum absolute atomic E-state index is 0.0586. The third kappa shape index (κ3) is 11.0. The largest absolute Gasteiger partial charge is 0.311 e. The number of benzene rings is 16. The van der Waals surface area contributed by atoms with Crippen LogP contribution in [-0.2, 0) is 16.2 Å². The highest BCUT2D eigenvalue weighted by atomic mass is 15.2. The van der Waals surface area contributed by atoms with Gasteiger partial charge in [0.25, 0.3) is 6.71 Å². The lowest BCUT2D eigenvalue weighted by Gasteiger charge is -2.45. The highest BCUT2D eigenvalue weighted by molar-refractivity contribution is 7.00. The lowest BCUT2D eigenvalue weighted by Crippen LogP contribution is -2.61. The van der Waals surface area contributed by atoms with Crippen molar-refractivity contribution in [2.75, 3.05) is 9.80 Å². The number of rotatable bonds is 10. The third-order valence-electron chi connectivity index (χ3n) is 23.3. The van der Waals surface area contributed by atoms with Gasteiger partial charge < -0.3 is 23.5 Å². The highest BCUT2D eigenvalue weighted by Gasteiger charge is 2.46. The van der Waals surface area contributed by atoms with E-state index in [9.17, 15) is 21.9 Å². The molecule has 0 saturated heterocycles. The summed E-state index contributed by atoms with van der Waals surface area (Å²) in [6.45, 7) is 19.1. The van der Waals surface area contributed by atoms with E-state index >= 15 is 0 Å². The third-order valence-corrected chi connectivity index (χ3v) is 23.3. The fraction of sp³-hybridized carbons (Fsp3) is 0.111. The maximum absolute atomic E-state index is 10.0. The second-order valence-electron chi connectivity index (χ2n) is 33.3. The molecule has 0 unspecified atom stereocenters. The van der Waals surface area contributed by atoms with E-state index in [0.29, 0.717) is 39.8 Å². The molecule has 3 aromatic heterocycles. The molecule has 0 amide bonds. The zero-order valence-electron chi connectivity index (χ0n) is 80.6. The number of aromatic nitrogens is 3. The SMILES string of the molecule is [2H]c1c([2H])c([2H])c2c(c1[2H])c1c([2H])c([2H])c([2H])c([2H])c1n2-c1ccc2c(c1)N(c1cc(-c3ccccc3)cc(-c3ccccc3C(C)(C)C)c1)c1cc(-c3cccc4c3c3ccccc3n4-c3cccc(C(C)(C)C)c3)cc3c1B2c1ccc(-n2c4c([2H])c([2H])c([2H])c([2H])c4c4c([2H])c([2H])c([2H])c([2H])c42)cc1N3c1c(-c2ccccc2)cc(C(C)(C)C)cc1-c1ccccc1. The number of hydrogen-bond donors (Lipinski definition) is 0. The Hall–Kier alpha value is -13.4. The Morgan fingerprint density at radius 1 is 0.263 bits per heavy atom. The van der Waals surface area contributed by atoms with Crippen LogP contribution in [0.2, 0.25) is 0 Å². The first-order valence-corrected chi connectivity index (χ1v) is 38.9. The molecule has 114 heavy (non-hydrogen) atoms. The molecule has 0 spiro atoms. The van der Waals surface area contributed by atoms with Crippen molar-refractivity contribution in [3.63, 3.8) is 0 Å². The Morgan fingerprint density at radius 2 is 0.702 bits per heavy atom. The molecule has 0 aliphatic carbocycles. The Balaban J connectivity index is 0.996. The molecule has 0 N–H and O–H groups in total. The Bertz CT molecular complexity index is 7930. The lowest BCUT2D eigenvalue weighted by molar-refractivity contribution is 0.590. The molecule has 0 bridgehead atoms. The van der Waals surface area contributed by atoms with E-state index in [4.69, 9.17) is 0 Å². The van der Waals surface area contributed by atoms with Crippen LogP contribution in [0.15, 0.2) is 358 Å². The normalized spacial score (nSPS) is 14.9. The maximum Gasteiger partial charge on any atom is 0.252 e. The molecule has 0 radical (unpaired) electrons. The second kappa shape index (κ2) is 26.1. The van der Waals surface area contributed by atoms with Crippen LogP contribution >= 0.6 is 0 Å². The standard InChI is InChI=1S/C108H86BN5/c1-106(2,3)75-39-31-40-77(64-75)112-97-53-30-24-46-87(97)103-82(47-32-54-98(103)112)74-62-101-104-102(63-74)114(105-88(70-35-15-11-16-36-70)65-76(107(4,5)6)66-89(105)71-37-17-12-18-38-71)100-68-79(111-95-51-28-22-44-85(95)86-45-23-29-52-96(86)111)56-58-92(100)109(104)91-57-55-78(110-93-49-26-20-42-83(93)84-43-21-27-50-94(84)110)67-99(91)113(101)80-60-72(69-33-13-10-14-34-69)59-73(61-80)81-41-19-25-48-90(81)108(7,8)9/h10-68H,1-9H3/i20D,21D,22D,23D,26D,27D,28D,29D,42D,43D,44D,45D,49D,50D,51D,52D. The van der Waals surface area contributed by atoms with E-state index in [-0.39, 0.29) is 54.4 Å². The van der Waals surface area contributed by atoms with E-state index in [1.54, 1.807) is 9.13 Å². The quantitative estimate of drug-likeness (QED) is 0.127. The predicted octanol–water partition coefficient (Wildman–Crippen LogP) is 27.3. The van der Waals surface area contributed by atoms with Crippen LogP contribution < -0.4 is 26.2 Å². The minimum atomic E-state index is -0.819. The number of nitrogens with zero attached hydrogens (tertiary/aromatic N) is 5. The van der Waals surface area contributed by atoms with Gasteiger partial charge in [-0.3, -0.25) is 0 Å². The summed E-state index contributed by atoms with van der Waals surface area (Å²) in [5.74, 6) is 0. The summed E-state index contributed by atoms with van der Waals surface area (Å²) < 4.78 is 159. The summed E-state index contributed by atoms with van der Waals surface area (Å²) in [6.07, 6.45) is 0. The topological polar surface area (TPSA) is 21.3 Å². The van der Waals surface area contributed by atoms with Crippen LogP contribution in [0.3, 0.4) is 0 Å². The van der Waals surface area contributed by atoms with Crippen molar-refractivity contribution < 1.29 is 21.9 Å². The molecular weight excluding hydrogens is 1380 g/mol. The molecule has 5 heterocycles. The molecule has 21 rings (SSSR count). The van der Waals surface area contributed by atoms with E-state index < -0.39 is 109 Å². The molecule has 0 saturated carbocycles. The zero-order valence-corrected chi connectivity index (χ0v) is 64.6. The average Bonchev–Trinajstić information content (AvgIpc) is 0.923. The highest BCUT2D eigenvalue weighted by Crippen LogP contribution is 2.55. The summed E-state index contributed by atoms with van der Waals surface area (Å²) in [5.41, 5.74) is 20.6. The second-order valence-corrected chi connectivity index (χ2v) is 33.3. The van der Waals surface area contributed by atoms with E-state index in [1.165, 1.54) is 0 Å². The first-order valence-electron chi connectivity index (χ1n) is 46.9. The van der Waals surface area contributed by atoms with Crippen molar-refractivity contribution >= 4 is 123 Å². The summed E-state index contributed by atoms with van der Waals surface area (Å²) in [6, 6.07) is 82.5. The molecule has 16 aromatic carbocycles. The molecule has 2 aliphatic heterocycles. The summed E-state index contributed by atoms with van der Waals surface area (Å²) in [7, 11) is 0. The van der Waals surface area contributed by atoms with Gasteiger partial charge in [0, 0.05) is 88.9 Å². The van der Waals surface area contributed by atoms with Gasteiger partial charge in [-0.25, -0.2) is 0 Å². The fourth-order valence-electron chi connectivity index (χ4n) is 18.0. The molecular formula is C108H86BN5. The van der Waals surface area contributed by atoms with Crippen LogP contribution in [0.5, 0.6) is 0 Å². The van der Waals surface area contributed by atoms with Crippen molar-refractivity contribution in [1.82, 2.24) is 13.7 Å². The maximum atomic E-state index is 10.0. The van der Waals surface area contributed by atoms with Crippen LogP contribution in [0.1, 0.15) is 101 Å². The molecule has 2 aliphatic rings. The monoisotopic (exact) mass is 1480 g/mol. The van der Waals surface area contributed by atoms with Gasteiger partial charge >= 0.3 is 0 Å². The van der Waals surface area contributed by atoms with Crippen LogP contribution in [0.25, 0.3) is 138 Å². The van der Waals surface area contributed by atoms with Gasteiger partial charge in [0.15, 0.2) is 0 Å².